The second-order valence-electron chi connectivity index (χ2n) is 6.11. The second kappa shape index (κ2) is 5.89. The predicted octanol–water partition coefficient (Wildman–Crippen LogP) is 3.58. The molecule has 1 unspecified atom stereocenters. The lowest BCUT2D eigenvalue weighted by Gasteiger charge is -2.15. The van der Waals surface area contributed by atoms with E-state index >= 15 is 0 Å². The van der Waals surface area contributed by atoms with Gasteiger partial charge in [-0.3, -0.25) is 4.90 Å². The van der Waals surface area contributed by atoms with Gasteiger partial charge in [-0.15, -0.1) is 11.3 Å². The number of hydrogen-bond acceptors (Lipinski definition) is 5. The lowest BCUT2D eigenvalue weighted by Crippen LogP contribution is -2.21. The number of thiophene rings is 1. The van der Waals surface area contributed by atoms with Crippen molar-refractivity contribution >= 4 is 27.4 Å². The second-order valence-corrected chi connectivity index (χ2v) is 7.31. The molecule has 114 valence electrons. The highest BCUT2D eigenvalue weighted by Crippen LogP contribution is 2.33. The van der Waals surface area contributed by atoms with E-state index in [0.717, 1.165) is 35.5 Å². The van der Waals surface area contributed by atoms with Crippen LogP contribution in [0.3, 0.4) is 0 Å². The van der Waals surface area contributed by atoms with E-state index in [2.05, 4.69) is 37.9 Å². The molecule has 5 heteroatoms. The summed E-state index contributed by atoms with van der Waals surface area (Å²) in [6.07, 6.45) is 1.29. The normalized spacial score (nSPS) is 19.5. The summed E-state index contributed by atoms with van der Waals surface area (Å²) in [5.74, 6) is 2.76. The van der Waals surface area contributed by atoms with Gasteiger partial charge in [0, 0.05) is 18.0 Å². The first-order valence-electron chi connectivity index (χ1n) is 7.81. The molecule has 0 aromatic carbocycles. The summed E-state index contributed by atoms with van der Waals surface area (Å²) < 4.78 is 0. The van der Waals surface area contributed by atoms with Crippen molar-refractivity contribution < 1.29 is 0 Å². The molecule has 0 amide bonds. The quantitative estimate of drug-likeness (QED) is 0.937. The molecule has 0 spiro atoms. The zero-order chi connectivity index (χ0) is 15.0. The summed E-state index contributed by atoms with van der Waals surface area (Å²) in [5, 5.41) is 4.62. The van der Waals surface area contributed by atoms with Gasteiger partial charge < -0.3 is 5.32 Å². The molecule has 1 aliphatic heterocycles. The van der Waals surface area contributed by atoms with Crippen LogP contribution in [0, 0.1) is 19.8 Å². The first-order chi connectivity index (χ1) is 10.1. The minimum atomic E-state index is 0.799. The molecule has 1 fully saturated rings. The van der Waals surface area contributed by atoms with Crippen molar-refractivity contribution in [1.82, 2.24) is 14.9 Å². The fourth-order valence-corrected chi connectivity index (χ4v) is 4.08. The highest BCUT2D eigenvalue weighted by molar-refractivity contribution is 7.18. The highest BCUT2D eigenvalue weighted by atomic mass is 32.1. The Morgan fingerprint density at radius 1 is 1.33 bits per heavy atom. The van der Waals surface area contributed by atoms with Crippen LogP contribution in [0.1, 0.15) is 36.5 Å². The molecule has 2 aromatic rings. The molecule has 2 aromatic heterocycles. The van der Waals surface area contributed by atoms with E-state index in [1.807, 2.05) is 0 Å². The van der Waals surface area contributed by atoms with E-state index in [1.165, 1.54) is 35.3 Å². The summed E-state index contributed by atoms with van der Waals surface area (Å²) in [4.78, 5) is 14.5. The van der Waals surface area contributed by atoms with Crippen LogP contribution in [0.2, 0.25) is 0 Å². The smallest absolute Gasteiger partial charge is 0.146 e. The summed E-state index contributed by atoms with van der Waals surface area (Å²) in [6.45, 7) is 12.9. The Hall–Kier alpha value is -1.20. The van der Waals surface area contributed by atoms with Gasteiger partial charge in [0.2, 0.25) is 0 Å². The maximum atomic E-state index is 4.81. The number of hydrogen-bond donors (Lipinski definition) is 1. The van der Waals surface area contributed by atoms with E-state index in [4.69, 9.17) is 9.97 Å². The molecule has 3 heterocycles. The van der Waals surface area contributed by atoms with Crippen LogP contribution < -0.4 is 5.32 Å². The summed E-state index contributed by atoms with van der Waals surface area (Å²) in [7, 11) is 0. The minimum absolute atomic E-state index is 0.799. The molecule has 0 aliphatic carbocycles. The Balaban J connectivity index is 1.96. The molecule has 0 radical (unpaired) electrons. The van der Waals surface area contributed by atoms with E-state index in [9.17, 15) is 0 Å². The number of nitrogens with zero attached hydrogens (tertiary/aromatic N) is 3. The lowest BCUT2D eigenvalue weighted by atomic mass is 10.2. The van der Waals surface area contributed by atoms with Crippen LogP contribution in [0.4, 0.5) is 5.82 Å². The van der Waals surface area contributed by atoms with Gasteiger partial charge in [-0.1, -0.05) is 6.92 Å². The minimum Gasteiger partial charge on any atom is -0.370 e. The fraction of sp³-hybridized carbons (Fsp3) is 0.625. The van der Waals surface area contributed by atoms with Gasteiger partial charge in [-0.25, -0.2) is 9.97 Å². The van der Waals surface area contributed by atoms with Gasteiger partial charge in [0.05, 0.1) is 11.9 Å². The Labute approximate surface area is 130 Å². The lowest BCUT2D eigenvalue weighted by molar-refractivity contribution is 0.312. The topological polar surface area (TPSA) is 41.1 Å². The number of aryl methyl sites for hydroxylation is 2. The van der Waals surface area contributed by atoms with E-state index < -0.39 is 0 Å². The zero-order valence-corrected chi connectivity index (χ0v) is 14.2. The number of rotatable bonds is 4. The molecule has 0 bridgehead atoms. The van der Waals surface area contributed by atoms with Crippen LogP contribution in [-0.4, -0.2) is 34.5 Å². The number of nitrogens with one attached hydrogen (secondary N) is 1. The fourth-order valence-electron chi connectivity index (χ4n) is 3.03. The predicted molar refractivity (Wildman–Crippen MR) is 90.1 cm³/mol. The van der Waals surface area contributed by atoms with Crippen LogP contribution >= 0.6 is 11.3 Å². The van der Waals surface area contributed by atoms with E-state index in [1.54, 1.807) is 11.3 Å². The number of likely N-dealkylation sites (tertiary alicyclic amines) is 1. The third-order valence-corrected chi connectivity index (χ3v) is 5.39. The summed E-state index contributed by atoms with van der Waals surface area (Å²) in [6, 6.07) is 0. The van der Waals surface area contributed by atoms with Gasteiger partial charge in [0.25, 0.3) is 0 Å². The zero-order valence-electron chi connectivity index (χ0n) is 13.4. The first-order valence-corrected chi connectivity index (χ1v) is 8.63. The van der Waals surface area contributed by atoms with Gasteiger partial charge in [0.1, 0.15) is 16.5 Å². The summed E-state index contributed by atoms with van der Waals surface area (Å²) in [5.41, 5.74) is 1.31. The van der Waals surface area contributed by atoms with Crippen molar-refractivity contribution in [1.29, 1.82) is 0 Å². The largest absolute Gasteiger partial charge is 0.370 e. The molecular weight excluding hydrogens is 280 g/mol. The molecule has 0 saturated carbocycles. The third-order valence-electron chi connectivity index (χ3n) is 4.29. The van der Waals surface area contributed by atoms with Gasteiger partial charge in [-0.05, 0) is 45.2 Å². The Morgan fingerprint density at radius 3 is 2.81 bits per heavy atom. The molecule has 1 aliphatic rings. The average molecular weight is 304 g/mol. The van der Waals surface area contributed by atoms with Crippen molar-refractivity contribution in [2.24, 2.45) is 5.92 Å². The SMILES string of the molecule is CCNc1nc(CN2CCC(C)C2)nc2sc(C)c(C)c12. The van der Waals surface area contributed by atoms with Crippen LogP contribution in [0.15, 0.2) is 0 Å². The van der Waals surface area contributed by atoms with Crippen LogP contribution in [-0.2, 0) is 6.54 Å². The number of anilines is 1. The van der Waals surface area contributed by atoms with E-state index in [-0.39, 0.29) is 0 Å². The third kappa shape index (κ3) is 2.90. The molecule has 1 atom stereocenters. The number of fused-ring (bicyclic) bond motifs is 1. The number of aromatic nitrogens is 2. The molecular formula is C16H24N4S. The molecule has 1 N–H and O–H groups in total. The Kier molecular flexibility index (Phi) is 4.13. The van der Waals surface area contributed by atoms with Crippen LogP contribution in [0.25, 0.3) is 10.2 Å². The molecule has 21 heavy (non-hydrogen) atoms. The Morgan fingerprint density at radius 2 is 2.14 bits per heavy atom. The molecule has 1 saturated heterocycles. The highest BCUT2D eigenvalue weighted by Gasteiger charge is 2.21. The van der Waals surface area contributed by atoms with Crippen molar-refractivity contribution in [2.45, 2.75) is 40.7 Å². The van der Waals surface area contributed by atoms with Crippen LogP contribution in [0.5, 0.6) is 0 Å². The van der Waals surface area contributed by atoms with Crippen molar-refractivity contribution in [3.05, 3.63) is 16.3 Å². The molecule has 3 rings (SSSR count). The van der Waals surface area contributed by atoms with Gasteiger partial charge in [-0.2, -0.15) is 0 Å². The molecule has 4 nitrogen and oxygen atoms in total. The average Bonchev–Trinajstić information content (AvgIpc) is 2.95. The Bertz CT molecular complexity index is 649. The van der Waals surface area contributed by atoms with Crippen molar-refractivity contribution in [2.75, 3.05) is 25.0 Å². The van der Waals surface area contributed by atoms with Crippen molar-refractivity contribution in [3.8, 4) is 0 Å². The van der Waals surface area contributed by atoms with Gasteiger partial charge >= 0.3 is 0 Å². The standard InChI is InChI=1S/C16H24N4S/c1-5-17-15-14-11(3)12(4)21-16(14)19-13(18-15)9-20-7-6-10(2)8-20/h10H,5-9H2,1-4H3,(H,17,18,19). The van der Waals surface area contributed by atoms with E-state index in [0.29, 0.717) is 0 Å². The van der Waals surface area contributed by atoms with Crippen molar-refractivity contribution in [3.63, 3.8) is 0 Å². The summed E-state index contributed by atoms with van der Waals surface area (Å²) >= 11 is 1.78. The van der Waals surface area contributed by atoms with Gasteiger partial charge in [0.15, 0.2) is 0 Å². The maximum Gasteiger partial charge on any atom is 0.146 e. The monoisotopic (exact) mass is 304 g/mol. The first kappa shape index (κ1) is 14.7. The maximum absolute atomic E-state index is 4.81.